The van der Waals surface area contributed by atoms with E-state index in [1.807, 2.05) is 0 Å². The van der Waals surface area contributed by atoms with Crippen molar-refractivity contribution in [2.75, 3.05) is 26.3 Å². The van der Waals surface area contributed by atoms with E-state index in [1.54, 1.807) is 0 Å². The van der Waals surface area contributed by atoms with Crippen LogP contribution < -0.4 is 11.1 Å². The summed E-state index contributed by atoms with van der Waals surface area (Å²) in [5, 5.41) is 3.21. The van der Waals surface area contributed by atoms with Crippen LogP contribution >= 0.6 is 0 Å². The lowest BCUT2D eigenvalue weighted by atomic mass is 9.98. The Bertz CT molecular complexity index is 311. The molecule has 0 spiro atoms. The van der Waals surface area contributed by atoms with Crippen LogP contribution in [0.15, 0.2) is 4.99 Å². The second kappa shape index (κ2) is 9.26. The molecule has 1 saturated carbocycles. The zero-order valence-electron chi connectivity index (χ0n) is 13.4. The third-order valence-electron chi connectivity index (χ3n) is 4.53. The Kier molecular flexibility index (Phi) is 7.30. The molecule has 2 atom stereocenters. The van der Waals surface area contributed by atoms with Crippen molar-refractivity contribution >= 4 is 5.96 Å². The molecule has 122 valence electrons. The number of nitrogens with zero attached hydrogens (tertiary/aromatic N) is 1. The van der Waals surface area contributed by atoms with Gasteiger partial charge in [-0.2, -0.15) is 0 Å². The maximum atomic E-state index is 5.91. The SMILES string of the molecule is CCOC(CCNC(N)=NCC1CCCO1)C1CCCC1. The lowest BCUT2D eigenvalue weighted by Gasteiger charge is -2.23. The Morgan fingerprint density at radius 1 is 1.33 bits per heavy atom. The Balaban J connectivity index is 1.64. The van der Waals surface area contributed by atoms with Crippen LogP contribution in [0.5, 0.6) is 0 Å². The van der Waals surface area contributed by atoms with Gasteiger partial charge in [-0.05, 0) is 44.9 Å². The summed E-state index contributed by atoms with van der Waals surface area (Å²) in [6.07, 6.45) is 9.22. The lowest BCUT2D eigenvalue weighted by molar-refractivity contribution is 0.0170. The van der Waals surface area contributed by atoms with Gasteiger partial charge in [0.05, 0.1) is 18.8 Å². The smallest absolute Gasteiger partial charge is 0.188 e. The fraction of sp³-hybridized carbons (Fsp3) is 0.938. The molecular weight excluding hydrogens is 266 g/mol. The minimum absolute atomic E-state index is 0.264. The maximum Gasteiger partial charge on any atom is 0.188 e. The highest BCUT2D eigenvalue weighted by Crippen LogP contribution is 2.30. The number of aliphatic imine (C=N–C) groups is 1. The highest BCUT2D eigenvalue weighted by molar-refractivity contribution is 5.77. The molecule has 1 saturated heterocycles. The molecule has 0 radical (unpaired) electrons. The predicted molar refractivity (Wildman–Crippen MR) is 85.5 cm³/mol. The van der Waals surface area contributed by atoms with Gasteiger partial charge in [0.15, 0.2) is 5.96 Å². The van der Waals surface area contributed by atoms with Crippen molar-refractivity contribution in [1.29, 1.82) is 0 Å². The van der Waals surface area contributed by atoms with Crippen LogP contribution in [0.3, 0.4) is 0 Å². The Labute approximate surface area is 128 Å². The summed E-state index contributed by atoms with van der Waals surface area (Å²) in [4.78, 5) is 4.36. The van der Waals surface area contributed by atoms with Gasteiger partial charge in [-0.15, -0.1) is 0 Å². The molecule has 1 aliphatic carbocycles. The minimum Gasteiger partial charge on any atom is -0.378 e. The van der Waals surface area contributed by atoms with E-state index in [2.05, 4.69) is 17.2 Å². The van der Waals surface area contributed by atoms with Crippen LogP contribution in [0.4, 0.5) is 0 Å². The van der Waals surface area contributed by atoms with Gasteiger partial charge < -0.3 is 20.5 Å². The lowest BCUT2D eigenvalue weighted by Crippen LogP contribution is -2.36. The van der Waals surface area contributed by atoms with Gasteiger partial charge in [-0.3, -0.25) is 4.99 Å². The molecule has 5 nitrogen and oxygen atoms in total. The standard InChI is InChI=1S/C16H31N3O2/c1-2-20-15(13-6-3-4-7-13)9-10-18-16(17)19-12-14-8-5-11-21-14/h13-15H,2-12H2,1H3,(H3,17,18,19). The molecule has 0 amide bonds. The summed E-state index contributed by atoms with van der Waals surface area (Å²) >= 11 is 0. The number of nitrogens with two attached hydrogens (primary N) is 1. The molecule has 21 heavy (non-hydrogen) atoms. The van der Waals surface area contributed by atoms with Gasteiger partial charge in [-0.25, -0.2) is 0 Å². The van der Waals surface area contributed by atoms with E-state index in [1.165, 1.54) is 25.7 Å². The van der Waals surface area contributed by atoms with Gasteiger partial charge in [0.1, 0.15) is 0 Å². The van der Waals surface area contributed by atoms with Crippen molar-refractivity contribution in [3.8, 4) is 0 Å². The third-order valence-corrected chi connectivity index (χ3v) is 4.53. The summed E-state index contributed by atoms with van der Waals surface area (Å²) in [5.74, 6) is 1.27. The predicted octanol–water partition coefficient (Wildman–Crippen LogP) is 2.06. The van der Waals surface area contributed by atoms with Crippen molar-refractivity contribution < 1.29 is 9.47 Å². The number of hydrogen-bond acceptors (Lipinski definition) is 3. The summed E-state index contributed by atoms with van der Waals surface area (Å²) < 4.78 is 11.4. The van der Waals surface area contributed by atoms with E-state index < -0.39 is 0 Å². The Morgan fingerprint density at radius 2 is 2.14 bits per heavy atom. The molecule has 2 aliphatic rings. The second-order valence-electron chi connectivity index (χ2n) is 6.11. The van der Waals surface area contributed by atoms with E-state index in [4.69, 9.17) is 15.2 Å². The largest absolute Gasteiger partial charge is 0.378 e. The first-order valence-electron chi connectivity index (χ1n) is 8.56. The number of nitrogens with one attached hydrogen (secondary N) is 1. The molecule has 1 heterocycles. The van der Waals surface area contributed by atoms with Crippen LogP contribution in [-0.2, 0) is 9.47 Å². The highest BCUT2D eigenvalue weighted by atomic mass is 16.5. The van der Waals surface area contributed by atoms with Crippen molar-refractivity contribution in [1.82, 2.24) is 5.32 Å². The summed E-state index contributed by atoms with van der Waals surface area (Å²) in [6, 6.07) is 0. The highest BCUT2D eigenvalue weighted by Gasteiger charge is 2.25. The zero-order valence-corrected chi connectivity index (χ0v) is 13.4. The topological polar surface area (TPSA) is 68.9 Å². The average molecular weight is 297 g/mol. The second-order valence-corrected chi connectivity index (χ2v) is 6.11. The van der Waals surface area contributed by atoms with E-state index in [-0.39, 0.29) is 6.10 Å². The fourth-order valence-electron chi connectivity index (χ4n) is 3.39. The van der Waals surface area contributed by atoms with Gasteiger partial charge in [0.25, 0.3) is 0 Å². The van der Waals surface area contributed by atoms with E-state index in [0.717, 1.165) is 44.9 Å². The maximum absolute atomic E-state index is 5.91. The van der Waals surface area contributed by atoms with E-state index >= 15 is 0 Å². The van der Waals surface area contributed by atoms with Crippen molar-refractivity contribution in [3.05, 3.63) is 0 Å². The van der Waals surface area contributed by atoms with Crippen LogP contribution in [0, 0.1) is 5.92 Å². The number of guanidine groups is 1. The van der Waals surface area contributed by atoms with Crippen molar-refractivity contribution in [2.45, 2.75) is 64.1 Å². The monoisotopic (exact) mass is 297 g/mol. The molecule has 5 heteroatoms. The first kappa shape index (κ1) is 16.6. The molecule has 2 rings (SSSR count). The van der Waals surface area contributed by atoms with Crippen molar-refractivity contribution in [2.24, 2.45) is 16.6 Å². The normalized spacial score (nSPS) is 25.4. The molecule has 2 unspecified atom stereocenters. The number of hydrogen-bond donors (Lipinski definition) is 2. The summed E-state index contributed by atoms with van der Waals surface area (Å²) in [5.41, 5.74) is 5.91. The fourth-order valence-corrected chi connectivity index (χ4v) is 3.39. The van der Waals surface area contributed by atoms with Gasteiger partial charge >= 0.3 is 0 Å². The zero-order chi connectivity index (χ0) is 14.9. The first-order valence-corrected chi connectivity index (χ1v) is 8.56. The Hall–Kier alpha value is -0.810. The average Bonchev–Trinajstić information content (AvgIpc) is 3.17. The van der Waals surface area contributed by atoms with Crippen LogP contribution in [0.1, 0.15) is 51.9 Å². The molecule has 0 aromatic heterocycles. The first-order chi connectivity index (χ1) is 10.3. The van der Waals surface area contributed by atoms with Gasteiger partial charge in [0, 0.05) is 19.8 Å². The molecule has 0 aromatic rings. The van der Waals surface area contributed by atoms with Crippen LogP contribution in [-0.4, -0.2) is 44.5 Å². The van der Waals surface area contributed by atoms with Gasteiger partial charge in [0.2, 0.25) is 0 Å². The molecule has 0 aromatic carbocycles. The molecule has 0 bridgehead atoms. The summed E-state index contributed by atoms with van der Waals surface area (Å²) in [7, 11) is 0. The van der Waals surface area contributed by atoms with Crippen LogP contribution in [0.2, 0.25) is 0 Å². The molecule has 3 N–H and O–H groups in total. The molecule has 2 fully saturated rings. The minimum atomic E-state index is 0.264. The molecular formula is C16H31N3O2. The van der Waals surface area contributed by atoms with E-state index in [0.29, 0.717) is 18.6 Å². The summed E-state index contributed by atoms with van der Waals surface area (Å²) in [6.45, 7) is 5.25. The number of ether oxygens (including phenoxy) is 2. The third kappa shape index (κ3) is 5.83. The quantitative estimate of drug-likeness (QED) is 0.531. The number of rotatable bonds is 8. The van der Waals surface area contributed by atoms with Crippen molar-refractivity contribution in [3.63, 3.8) is 0 Å². The molecule has 1 aliphatic heterocycles. The van der Waals surface area contributed by atoms with Gasteiger partial charge in [-0.1, -0.05) is 12.8 Å². The Morgan fingerprint density at radius 3 is 2.81 bits per heavy atom. The van der Waals surface area contributed by atoms with E-state index in [9.17, 15) is 0 Å². The van der Waals surface area contributed by atoms with Crippen LogP contribution in [0.25, 0.3) is 0 Å².